The lowest BCUT2D eigenvalue weighted by Crippen LogP contribution is -2.12. The first kappa shape index (κ1) is 15.4. The highest BCUT2D eigenvalue weighted by Crippen LogP contribution is 2.22. The Labute approximate surface area is 136 Å². The van der Waals surface area contributed by atoms with E-state index in [0.717, 1.165) is 4.88 Å². The van der Waals surface area contributed by atoms with Crippen molar-refractivity contribution in [3.05, 3.63) is 35.3 Å². The topological polar surface area (TPSA) is 142 Å². The summed E-state index contributed by atoms with van der Waals surface area (Å²) in [6.07, 6.45) is 1.71. The molecule has 0 radical (unpaired) electrons. The van der Waals surface area contributed by atoms with Crippen LogP contribution in [0, 0.1) is 6.92 Å². The molecule has 0 amide bonds. The average Bonchev–Trinajstić information content (AvgIpc) is 3.04. The molecule has 0 aliphatic carbocycles. The van der Waals surface area contributed by atoms with Crippen molar-refractivity contribution >= 4 is 38.9 Å². The molecule has 0 atom stereocenters. The Morgan fingerprint density at radius 1 is 1.35 bits per heavy atom. The molecule has 0 saturated carbocycles. The second kappa shape index (κ2) is 5.61. The lowest BCUT2D eigenvalue weighted by molar-refractivity contribution is 0.598. The molecule has 0 bridgehead atoms. The highest BCUT2D eigenvalue weighted by atomic mass is 32.2. The van der Waals surface area contributed by atoms with Gasteiger partial charge in [0, 0.05) is 16.8 Å². The molecule has 0 saturated heterocycles. The molecule has 11 heteroatoms. The summed E-state index contributed by atoms with van der Waals surface area (Å²) in [5, 5.41) is 12.8. The van der Waals surface area contributed by atoms with Gasteiger partial charge in [-0.05, 0) is 25.1 Å². The van der Waals surface area contributed by atoms with Crippen LogP contribution in [0.2, 0.25) is 0 Å². The maximum absolute atomic E-state index is 11.4. The number of nitrogen functional groups attached to an aromatic ring is 1. The van der Waals surface area contributed by atoms with Gasteiger partial charge in [-0.3, -0.25) is 0 Å². The third-order valence-corrected chi connectivity index (χ3v) is 4.64. The predicted molar refractivity (Wildman–Crippen MR) is 87.3 cm³/mol. The van der Waals surface area contributed by atoms with Crippen molar-refractivity contribution in [3.8, 4) is 5.13 Å². The average molecular weight is 351 g/mol. The molecular formula is C12H13N7O2S2. The molecule has 120 valence electrons. The minimum Gasteiger partial charge on any atom is -0.368 e. The van der Waals surface area contributed by atoms with Crippen LogP contribution in [0.4, 0.5) is 17.6 Å². The van der Waals surface area contributed by atoms with Crippen molar-refractivity contribution < 1.29 is 8.42 Å². The molecule has 5 N–H and O–H groups in total. The van der Waals surface area contributed by atoms with E-state index in [1.165, 1.54) is 28.2 Å². The lowest BCUT2D eigenvalue weighted by atomic mass is 10.3. The Bertz CT molecular complexity index is 961. The zero-order chi connectivity index (χ0) is 16.6. The molecular weight excluding hydrogens is 338 g/mol. The van der Waals surface area contributed by atoms with Crippen molar-refractivity contribution in [2.45, 2.75) is 11.8 Å². The number of aromatic nitrogens is 4. The van der Waals surface area contributed by atoms with Gasteiger partial charge in [0.1, 0.15) is 0 Å². The number of thiazole rings is 1. The normalized spacial score (nSPS) is 11.6. The van der Waals surface area contributed by atoms with Crippen LogP contribution < -0.4 is 16.2 Å². The zero-order valence-electron chi connectivity index (χ0n) is 12.0. The Morgan fingerprint density at radius 2 is 2.13 bits per heavy atom. The van der Waals surface area contributed by atoms with Crippen LogP contribution in [0.3, 0.4) is 0 Å². The Kier molecular flexibility index (Phi) is 3.75. The summed E-state index contributed by atoms with van der Waals surface area (Å²) in [5.74, 6) is 0.395. The first-order valence-electron chi connectivity index (χ1n) is 6.38. The van der Waals surface area contributed by atoms with Gasteiger partial charge >= 0.3 is 0 Å². The Balaban J connectivity index is 1.90. The number of nitrogens with zero attached hydrogens (tertiary/aromatic N) is 4. The summed E-state index contributed by atoms with van der Waals surface area (Å²) in [5.41, 5.74) is 6.31. The van der Waals surface area contributed by atoms with Crippen molar-refractivity contribution in [1.82, 2.24) is 19.7 Å². The van der Waals surface area contributed by atoms with Crippen molar-refractivity contribution in [2.75, 3.05) is 11.1 Å². The van der Waals surface area contributed by atoms with E-state index in [0.29, 0.717) is 10.8 Å². The number of anilines is 3. The van der Waals surface area contributed by atoms with Crippen molar-refractivity contribution in [2.24, 2.45) is 5.14 Å². The smallest absolute Gasteiger partial charge is 0.248 e. The van der Waals surface area contributed by atoms with E-state index in [1.54, 1.807) is 18.3 Å². The molecule has 3 rings (SSSR count). The maximum atomic E-state index is 11.4. The number of aryl methyl sites for hydroxylation is 1. The van der Waals surface area contributed by atoms with E-state index in [2.05, 4.69) is 20.4 Å². The Hall–Kier alpha value is -2.50. The summed E-state index contributed by atoms with van der Waals surface area (Å²) in [6.45, 7) is 1.92. The summed E-state index contributed by atoms with van der Waals surface area (Å²) in [4.78, 5) is 9.29. The fourth-order valence-corrected chi connectivity index (χ4v) is 3.12. The first-order valence-corrected chi connectivity index (χ1v) is 8.74. The highest BCUT2D eigenvalue weighted by Gasteiger charge is 2.13. The van der Waals surface area contributed by atoms with E-state index in [1.807, 2.05) is 6.92 Å². The molecule has 2 heterocycles. The molecule has 3 aromatic rings. The van der Waals surface area contributed by atoms with E-state index in [9.17, 15) is 8.42 Å². The molecule has 0 aliphatic rings. The van der Waals surface area contributed by atoms with Crippen LogP contribution in [0.15, 0.2) is 35.4 Å². The van der Waals surface area contributed by atoms with E-state index < -0.39 is 10.0 Å². The van der Waals surface area contributed by atoms with Crippen LogP contribution in [0.25, 0.3) is 5.13 Å². The van der Waals surface area contributed by atoms with Crippen molar-refractivity contribution in [3.63, 3.8) is 0 Å². The lowest BCUT2D eigenvalue weighted by Gasteiger charge is -2.03. The fourth-order valence-electron chi connectivity index (χ4n) is 1.84. The molecule has 2 aromatic heterocycles. The van der Waals surface area contributed by atoms with E-state index in [-0.39, 0.29) is 16.8 Å². The van der Waals surface area contributed by atoms with Crippen LogP contribution in [0.1, 0.15) is 4.88 Å². The van der Waals surface area contributed by atoms with Crippen LogP contribution >= 0.6 is 11.3 Å². The van der Waals surface area contributed by atoms with Crippen molar-refractivity contribution in [1.29, 1.82) is 0 Å². The van der Waals surface area contributed by atoms with E-state index >= 15 is 0 Å². The SMILES string of the molecule is Cc1cnc(-n2nc(Nc3cccc(S(N)(=O)=O)c3)nc2N)s1. The number of primary sulfonamides is 1. The molecule has 1 aromatic carbocycles. The maximum Gasteiger partial charge on any atom is 0.248 e. The zero-order valence-corrected chi connectivity index (χ0v) is 13.6. The van der Waals surface area contributed by atoms with Gasteiger partial charge in [-0.2, -0.15) is 9.67 Å². The van der Waals surface area contributed by atoms with Gasteiger partial charge in [0.25, 0.3) is 0 Å². The van der Waals surface area contributed by atoms with Gasteiger partial charge < -0.3 is 11.1 Å². The Morgan fingerprint density at radius 3 is 2.78 bits per heavy atom. The standard InChI is InChI=1S/C12H13N7O2S2/c1-7-6-15-12(22-7)19-10(13)17-11(18-19)16-8-3-2-4-9(5-8)23(14,20)21/h2-6H,1H3,(H2,14,20,21)(H3,13,16,17,18). The minimum absolute atomic E-state index is 0.00884. The molecule has 0 fully saturated rings. The minimum atomic E-state index is -3.78. The van der Waals surface area contributed by atoms with Gasteiger partial charge in [0.2, 0.25) is 27.1 Å². The number of nitrogens with one attached hydrogen (secondary N) is 1. The second-order valence-corrected chi connectivity index (χ2v) is 7.43. The summed E-state index contributed by atoms with van der Waals surface area (Å²) in [7, 11) is -3.78. The fraction of sp³-hybridized carbons (Fsp3) is 0.0833. The third-order valence-electron chi connectivity index (χ3n) is 2.84. The monoisotopic (exact) mass is 351 g/mol. The van der Waals surface area contributed by atoms with Gasteiger partial charge in [-0.15, -0.1) is 16.4 Å². The summed E-state index contributed by atoms with van der Waals surface area (Å²) >= 11 is 1.43. The van der Waals surface area contributed by atoms with Crippen LogP contribution in [0.5, 0.6) is 0 Å². The number of nitrogens with two attached hydrogens (primary N) is 2. The van der Waals surface area contributed by atoms with Gasteiger partial charge in [-0.1, -0.05) is 6.07 Å². The quantitative estimate of drug-likeness (QED) is 0.636. The number of hydrogen-bond donors (Lipinski definition) is 3. The predicted octanol–water partition coefficient (Wildman–Crippen LogP) is 1.01. The summed E-state index contributed by atoms with van der Waals surface area (Å²) < 4.78 is 24.1. The largest absolute Gasteiger partial charge is 0.368 e. The first-order chi connectivity index (χ1) is 10.8. The van der Waals surface area contributed by atoms with Gasteiger partial charge in [-0.25, -0.2) is 18.5 Å². The highest BCUT2D eigenvalue weighted by molar-refractivity contribution is 7.89. The second-order valence-electron chi connectivity index (χ2n) is 4.66. The molecule has 0 spiro atoms. The molecule has 0 aliphatic heterocycles. The number of benzene rings is 1. The number of sulfonamides is 1. The molecule has 23 heavy (non-hydrogen) atoms. The van der Waals surface area contributed by atoms with Crippen LogP contribution in [-0.2, 0) is 10.0 Å². The van der Waals surface area contributed by atoms with Gasteiger partial charge in [0.15, 0.2) is 0 Å². The molecule has 9 nitrogen and oxygen atoms in total. The third kappa shape index (κ3) is 3.31. The van der Waals surface area contributed by atoms with Gasteiger partial charge in [0.05, 0.1) is 4.90 Å². The molecule has 0 unspecified atom stereocenters. The number of rotatable bonds is 4. The van der Waals surface area contributed by atoms with E-state index in [4.69, 9.17) is 10.9 Å². The summed E-state index contributed by atoms with van der Waals surface area (Å²) in [6, 6.07) is 6.02. The number of hydrogen-bond acceptors (Lipinski definition) is 8. The van der Waals surface area contributed by atoms with Crippen LogP contribution in [-0.4, -0.2) is 28.2 Å².